The van der Waals surface area contributed by atoms with E-state index in [-0.39, 0.29) is 35.9 Å². The van der Waals surface area contributed by atoms with Gasteiger partial charge in [0.15, 0.2) is 21.4 Å². The number of carbonyl (C=O) groups is 2. The second-order valence-electron chi connectivity index (χ2n) is 7.41. The van der Waals surface area contributed by atoms with Crippen LogP contribution in [0.3, 0.4) is 0 Å². The van der Waals surface area contributed by atoms with Crippen LogP contribution in [-0.2, 0) is 30.6 Å². The summed E-state index contributed by atoms with van der Waals surface area (Å²) in [6, 6.07) is 11.5. The molecule has 31 heavy (non-hydrogen) atoms. The molecule has 9 heteroatoms. The van der Waals surface area contributed by atoms with Crippen LogP contribution in [0, 0.1) is 5.82 Å². The number of esters is 1. The molecule has 3 rings (SSSR count). The van der Waals surface area contributed by atoms with Gasteiger partial charge in [0.1, 0.15) is 12.1 Å². The monoisotopic (exact) mass is 449 g/mol. The van der Waals surface area contributed by atoms with Crippen molar-refractivity contribution in [3.63, 3.8) is 0 Å². The summed E-state index contributed by atoms with van der Waals surface area (Å²) in [5.41, 5.74) is 0.800. The highest BCUT2D eigenvalue weighted by Crippen LogP contribution is 2.26. The van der Waals surface area contributed by atoms with Gasteiger partial charge >= 0.3 is 5.97 Å². The molecule has 0 spiro atoms. The number of nitrogens with zero attached hydrogens (tertiary/aromatic N) is 1. The van der Waals surface area contributed by atoms with Crippen molar-refractivity contribution in [1.82, 2.24) is 4.90 Å². The van der Waals surface area contributed by atoms with Gasteiger partial charge < -0.3 is 14.4 Å². The molecule has 1 aliphatic rings. The topological polar surface area (TPSA) is 90.0 Å². The number of likely N-dealkylation sites (tertiary alicyclic amines) is 1. The summed E-state index contributed by atoms with van der Waals surface area (Å²) in [4.78, 5) is 26.6. The van der Waals surface area contributed by atoms with E-state index in [0.29, 0.717) is 6.42 Å². The largest absolute Gasteiger partial charge is 0.485 e. The number of hydrogen-bond donors (Lipinski definition) is 0. The van der Waals surface area contributed by atoms with E-state index in [4.69, 9.17) is 9.47 Å². The van der Waals surface area contributed by atoms with Crippen LogP contribution in [0.5, 0.6) is 5.75 Å². The predicted molar refractivity (Wildman–Crippen MR) is 111 cm³/mol. The van der Waals surface area contributed by atoms with Crippen molar-refractivity contribution in [2.75, 3.05) is 19.9 Å². The molecule has 1 amide bonds. The molecule has 0 saturated carbocycles. The molecule has 7 nitrogen and oxygen atoms in total. The number of halogens is 1. The molecule has 2 atom stereocenters. The number of benzene rings is 2. The van der Waals surface area contributed by atoms with E-state index >= 15 is 0 Å². The van der Waals surface area contributed by atoms with E-state index in [2.05, 4.69) is 0 Å². The van der Waals surface area contributed by atoms with Crippen LogP contribution in [-0.4, -0.2) is 57.3 Å². The van der Waals surface area contributed by atoms with Gasteiger partial charge in [-0.1, -0.05) is 24.3 Å². The van der Waals surface area contributed by atoms with E-state index in [0.717, 1.165) is 11.8 Å². The first-order chi connectivity index (χ1) is 14.7. The zero-order valence-electron chi connectivity index (χ0n) is 17.3. The maximum Gasteiger partial charge on any atom is 0.328 e. The molecular formula is C22H24FNO6S. The third-order valence-corrected chi connectivity index (χ3v) is 6.29. The molecule has 1 heterocycles. The normalized spacial score (nSPS) is 18.6. The van der Waals surface area contributed by atoms with Crippen molar-refractivity contribution in [2.45, 2.75) is 36.3 Å². The lowest BCUT2D eigenvalue weighted by molar-refractivity contribution is -0.150. The molecule has 1 saturated heterocycles. The van der Waals surface area contributed by atoms with Gasteiger partial charge in [0.2, 0.25) is 5.91 Å². The highest BCUT2D eigenvalue weighted by atomic mass is 32.2. The van der Waals surface area contributed by atoms with Gasteiger partial charge in [0.25, 0.3) is 0 Å². The third-order valence-electron chi connectivity index (χ3n) is 5.17. The lowest BCUT2D eigenvalue weighted by Gasteiger charge is -2.22. The van der Waals surface area contributed by atoms with Crippen molar-refractivity contribution in [3.8, 4) is 5.75 Å². The third kappa shape index (κ3) is 5.61. The minimum absolute atomic E-state index is 0.0661. The molecular weight excluding hydrogens is 425 g/mol. The summed E-state index contributed by atoms with van der Waals surface area (Å²) in [5, 5.41) is 0. The van der Waals surface area contributed by atoms with Crippen molar-refractivity contribution < 1.29 is 31.9 Å². The molecule has 2 aromatic rings. The number of amides is 1. The number of carbonyl (C=O) groups excluding carboxylic acids is 2. The number of rotatable bonds is 7. The van der Waals surface area contributed by atoms with Gasteiger partial charge in [-0.15, -0.1) is 0 Å². The van der Waals surface area contributed by atoms with Gasteiger partial charge in [-0.25, -0.2) is 17.6 Å². The number of ether oxygens (including phenoxy) is 2. The fourth-order valence-electron chi connectivity index (χ4n) is 3.54. The summed E-state index contributed by atoms with van der Waals surface area (Å²) in [5.74, 6) is -1.26. The number of sulfone groups is 1. The lowest BCUT2D eigenvalue weighted by atomic mass is 10.1. The quantitative estimate of drug-likeness (QED) is 0.603. The zero-order chi connectivity index (χ0) is 22.6. The minimum atomic E-state index is -3.29. The molecule has 0 aliphatic carbocycles. The molecule has 0 radical (unpaired) electrons. The summed E-state index contributed by atoms with van der Waals surface area (Å²) in [6.07, 6.45) is 1.30. The Labute approximate surface area is 180 Å². The van der Waals surface area contributed by atoms with Gasteiger partial charge in [0.05, 0.1) is 18.6 Å². The smallest absolute Gasteiger partial charge is 0.328 e. The number of hydrogen-bond acceptors (Lipinski definition) is 6. The highest BCUT2D eigenvalue weighted by Gasteiger charge is 2.41. The Balaban J connectivity index is 1.66. The zero-order valence-corrected chi connectivity index (χ0v) is 18.1. The molecule has 0 bridgehead atoms. The summed E-state index contributed by atoms with van der Waals surface area (Å²) < 4.78 is 47.5. The summed E-state index contributed by atoms with van der Waals surface area (Å²) >= 11 is 0. The van der Waals surface area contributed by atoms with Crippen LogP contribution in [0.2, 0.25) is 0 Å². The van der Waals surface area contributed by atoms with E-state index in [9.17, 15) is 22.4 Å². The van der Waals surface area contributed by atoms with Crippen molar-refractivity contribution >= 4 is 21.7 Å². The number of aryl methyl sites for hydroxylation is 1. The fraction of sp³-hybridized carbons (Fsp3) is 0.364. The average Bonchev–Trinajstić information content (AvgIpc) is 3.17. The van der Waals surface area contributed by atoms with Gasteiger partial charge in [-0.2, -0.15) is 0 Å². The van der Waals surface area contributed by atoms with E-state index in [1.807, 2.05) is 0 Å². The summed E-state index contributed by atoms with van der Waals surface area (Å²) in [7, 11) is -2.04. The van der Waals surface area contributed by atoms with Crippen LogP contribution in [0.25, 0.3) is 0 Å². The van der Waals surface area contributed by atoms with Crippen LogP contribution in [0.1, 0.15) is 18.4 Å². The van der Waals surface area contributed by atoms with Crippen molar-refractivity contribution in [2.24, 2.45) is 0 Å². The Hall–Kier alpha value is -2.94. The van der Waals surface area contributed by atoms with Gasteiger partial charge in [-0.3, -0.25) is 4.79 Å². The van der Waals surface area contributed by atoms with Crippen LogP contribution in [0.4, 0.5) is 4.39 Å². The second kappa shape index (κ2) is 9.47. The number of methoxy groups -OCH3 is 1. The molecule has 166 valence electrons. The Morgan fingerprint density at radius 1 is 1.13 bits per heavy atom. The van der Waals surface area contributed by atoms with Crippen LogP contribution >= 0.6 is 0 Å². The SMILES string of the molecule is COC(=O)C1CC(Oc2ccccc2F)CN1C(=O)CCc1ccc(S(C)(=O)=O)cc1. The maximum absolute atomic E-state index is 13.9. The van der Waals surface area contributed by atoms with Gasteiger partial charge in [0, 0.05) is 19.1 Å². The lowest BCUT2D eigenvalue weighted by Crippen LogP contribution is -2.41. The average molecular weight is 450 g/mol. The molecule has 2 aromatic carbocycles. The van der Waals surface area contributed by atoms with Crippen molar-refractivity contribution in [3.05, 3.63) is 59.9 Å². The number of para-hydroxylation sites is 1. The second-order valence-corrected chi connectivity index (χ2v) is 9.42. The Bertz CT molecular complexity index is 1050. The standard InChI is InChI=1S/C22H24FNO6S/c1-29-22(26)19-13-16(30-20-6-4-3-5-18(20)23)14-24(19)21(25)12-9-15-7-10-17(11-8-15)31(2,27)28/h3-8,10-11,16,19H,9,12-14H2,1-2H3. The van der Waals surface area contributed by atoms with Gasteiger partial charge in [-0.05, 0) is 36.2 Å². The maximum atomic E-state index is 13.9. The summed E-state index contributed by atoms with van der Waals surface area (Å²) in [6.45, 7) is 0.139. The first-order valence-corrected chi connectivity index (χ1v) is 11.7. The van der Waals surface area contributed by atoms with Crippen LogP contribution < -0.4 is 4.74 Å². The molecule has 1 fully saturated rings. The van der Waals surface area contributed by atoms with Crippen LogP contribution in [0.15, 0.2) is 53.4 Å². The fourth-order valence-corrected chi connectivity index (χ4v) is 4.17. The molecule has 2 unspecified atom stereocenters. The predicted octanol–water partition coefficient (Wildman–Crippen LogP) is 2.38. The molecule has 0 aromatic heterocycles. The van der Waals surface area contributed by atoms with E-state index < -0.39 is 33.8 Å². The Morgan fingerprint density at radius 2 is 1.81 bits per heavy atom. The molecule has 1 aliphatic heterocycles. The van der Waals surface area contributed by atoms with E-state index in [1.165, 1.54) is 36.3 Å². The first kappa shape index (κ1) is 22.7. The highest BCUT2D eigenvalue weighted by molar-refractivity contribution is 7.90. The first-order valence-electron chi connectivity index (χ1n) is 9.76. The van der Waals surface area contributed by atoms with E-state index in [1.54, 1.807) is 24.3 Å². The minimum Gasteiger partial charge on any atom is -0.485 e. The van der Waals surface area contributed by atoms with Crippen molar-refractivity contribution in [1.29, 1.82) is 0 Å². The molecule has 0 N–H and O–H groups in total. The Kier molecular flexibility index (Phi) is 6.94. The Morgan fingerprint density at radius 3 is 2.42 bits per heavy atom.